The highest BCUT2D eigenvalue weighted by Crippen LogP contribution is 2.34. The lowest BCUT2D eigenvalue weighted by Crippen LogP contribution is -2.34. The lowest BCUT2D eigenvalue weighted by atomic mass is 10.1. The van der Waals surface area contributed by atoms with Crippen LogP contribution in [0.15, 0.2) is 66.7 Å². The summed E-state index contributed by atoms with van der Waals surface area (Å²) in [6, 6.07) is 18.4. The van der Waals surface area contributed by atoms with Crippen molar-refractivity contribution in [3.8, 4) is 11.5 Å². The third-order valence-electron chi connectivity index (χ3n) is 5.12. The van der Waals surface area contributed by atoms with Crippen LogP contribution in [0.3, 0.4) is 0 Å². The Hall–Kier alpha value is -4.04. The fourth-order valence-electron chi connectivity index (χ4n) is 3.38. The molecule has 0 radical (unpaired) electrons. The van der Waals surface area contributed by atoms with Crippen molar-refractivity contribution in [2.45, 2.75) is 6.92 Å². The smallest absolute Gasteiger partial charge is 0.340 e. The normalized spacial score (nSPS) is 10.3. The summed E-state index contributed by atoms with van der Waals surface area (Å²) in [6.45, 7) is 1.73. The van der Waals surface area contributed by atoms with Crippen LogP contribution in [-0.4, -0.2) is 45.2 Å². The topological polar surface area (TPSA) is 94.2 Å². The van der Waals surface area contributed by atoms with Crippen LogP contribution in [0.5, 0.6) is 11.5 Å². The molecule has 3 rings (SSSR count). The zero-order chi connectivity index (χ0) is 25.4. The molecule has 2 amide bonds. The highest BCUT2D eigenvalue weighted by atomic mass is 35.5. The Morgan fingerprint density at radius 2 is 1.51 bits per heavy atom. The number of hydrogen-bond acceptors (Lipinski definition) is 6. The average Bonchev–Trinajstić information content (AvgIpc) is 2.88. The van der Waals surface area contributed by atoms with Gasteiger partial charge in [-0.3, -0.25) is 9.59 Å². The molecule has 0 aliphatic carbocycles. The van der Waals surface area contributed by atoms with E-state index in [2.05, 4.69) is 5.32 Å². The first kappa shape index (κ1) is 25.6. The number of hydrogen-bond donors (Lipinski definition) is 1. The molecule has 0 unspecified atom stereocenters. The minimum Gasteiger partial charge on any atom is -0.493 e. The van der Waals surface area contributed by atoms with Crippen molar-refractivity contribution >= 4 is 40.8 Å². The molecule has 0 saturated heterocycles. The van der Waals surface area contributed by atoms with Crippen LogP contribution in [-0.2, 0) is 9.53 Å². The number of anilines is 2. The first-order valence-corrected chi connectivity index (χ1v) is 11.1. The number of ether oxygens (including phenoxy) is 3. The number of benzene rings is 3. The molecule has 9 heteroatoms. The summed E-state index contributed by atoms with van der Waals surface area (Å²) in [5.74, 6) is -1.21. The second kappa shape index (κ2) is 11.9. The molecule has 3 aromatic rings. The van der Waals surface area contributed by atoms with Crippen LogP contribution in [0.25, 0.3) is 0 Å². The van der Waals surface area contributed by atoms with Gasteiger partial charge in [0.2, 0.25) is 0 Å². The maximum absolute atomic E-state index is 13.0. The van der Waals surface area contributed by atoms with Gasteiger partial charge < -0.3 is 24.4 Å². The second-order valence-corrected chi connectivity index (χ2v) is 7.64. The Bertz CT molecular complexity index is 1220. The van der Waals surface area contributed by atoms with Gasteiger partial charge in [-0.1, -0.05) is 41.9 Å². The molecule has 8 nitrogen and oxygen atoms in total. The van der Waals surface area contributed by atoms with Crippen LogP contribution in [0, 0.1) is 0 Å². The van der Waals surface area contributed by atoms with Crippen molar-refractivity contribution < 1.29 is 28.6 Å². The number of methoxy groups -OCH3 is 2. The molecular formula is C26H25ClN2O6. The Morgan fingerprint density at radius 3 is 2.14 bits per heavy atom. The molecular weight excluding hydrogens is 472 g/mol. The second-order valence-electron chi connectivity index (χ2n) is 7.24. The van der Waals surface area contributed by atoms with Gasteiger partial charge in [0.15, 0.2) is 18.1 Å². The number of halogens is 1. The molecule has 3 aromatic carbocycles. The minimum absolute atomic E-state index is 0.0152. The van der Waals surface area contributed by atoms with Gasteiger partial charge >= 0.3 is 5.97 Å². The lowest BCUT2D eigenvalue weighted by molar-refractivity contribution is -0.121. The summed E-state index contributed by atoms with van der Waals surface area (Å²) < 4.78 is 15.9. The Labute approximate surface area is 208 Å². The number of carbonyl (C=O) groups excluding carboxylic acids is 3. The van der Waals surface area contributed by atoms with E-state index >= 15 is 0 Å². The summed E-state index contributed by atoms with van der Waals surface area (Å²) in [6.07, 6.45) is 0. The van der Waals surface area contributed by atoms with E-state index in [0.29, 0.717) is 12.2 Å². The SMILES string of the molecule is CCN(C(=O)COC(=O)c1cc(OC)c(OC)cc1NC(=O)c1ccccc1Cl)c1ccccc1. The van der Waals surface area contributed by atoms with Crippen molar-refractivity contribution in [3.05, 3.63) is 82.9 Å². The molecule has 0 saturated carbocycles. The van der Waals surface area contributed by atoms with Crippen molar-refractivity contribution in [2.24, 2.45) is 0 Å². The number of amides is 2. The van der Waals surface area contributed by atoms with Crippen LogP contribution in [0.2, 0.25) is 5.02 Å². The quantitative estimate of drug-likeness (QED) is 0.427. The van der Waals surface area contributed by atoms with Gasteiger partial charge in [0.25, 0.3) is 11.8 Å². The fraction of sp³-hybridized carbons (Fsp3) is 0.192. The monoisotopic (exact) mass is 496 g/mol. The van der Waals surface area contributed by atoms with Crippen molar-refractivity contribution in [1.82, 2.24) is 0 Å². The summed E-state index contributed by atoms with van der Waals surface area (Å²) in [5.41, 5.74) is 1.01. The first-order valence-electron chi connectivity index (χ1n) is 10.7. The largest absolute Gasteiger partial charge is 0.493 e. The van der Waals surface area contributed by atoms with Crippen molar-refractivity contribution in [3.63, 3.8) is 0 Å². The molecule has 0 spiro atoms. The fourth-order valence-corrected chi connectivity index (χ4v) is 3.60. The third kappa shape index (κ3) is 6.10. The molecule has 35 heavy (non-hydrogen) atoms. The van der Waals surface area contributed by atoms with Crippen molar-refractivity contribution in [2.75, 3.05) is 37.6 Å². The number of likely N-dealkylation sites (N-methyl/N-ethyl adjacent to an activating group) is 1. The molecule has 0 atom stereocenters. The number of nitrogens with zero attached hydrogens (tertiary/aromatic N) is 1. The zero-order valence-electron chi connectivity index (χ0n) is 19.5. The van der Waals surface area contributed by atoms with Crippen LogP contribution >= 0.6 is 11.6 Å². The average molecular weight is 497 g/mol. The maximum atomic E-state index is 13.0. The minimum atomic E-state index is -0.821. The summed E-state index contributed by atoms with van der Waals surface area (Å²) in [7, 11) is 2.84. The van der Waals surface area contributed by atoms with Crippen LogP contribution < -0.4 is 19.7 Å². The van der Waals surface area contributed by atoms with E-state index in [9.17, 15) is 14.4 Å². The molecule has 182 valence electrons. The predicted molar refractivity (Wildman–Crippen MR) is 134 cm³/mol. The lowest BCUT2D eigenvalue weighted by Gasteiger charge is -2.21. The van der Waals surface area contributed by atoms with Crippen molar-refractivity contribution in [1.29, 1.82) is 0 Å². The highest BCUT2D eigenvalue weighted by molar-refractivity contribution is 6.34. The number of carbonyl (C=O) groups is 3. The van der Waals surface area contributed by atoms with E-state index in [1.165, 1.54) is 31.3 Å². The summed E-state index contributed by atoms with van der Waals surface area (Å²) >= 11 is 6.13. The number of rotatable bonds is 9. The third-order valence-corrected chi connectivity index (χ3v) is 5.45. The van der Waals surface area contributed by atoms with Gasteiger partial charge in [-0.2, -0.15) is 0 Å². The first-order chi connectivity index (χ1) is 16.9. The van der Waals surface area contributed by atoms with Crippen LogP contribution in [0.1, 0.15) is 27.6 Å². The van der Waals surface area contributed by atoms with Gasteiger partial charge in [-0.15, -0.1) is 0 Å². The van der Waals surface area contributed by atoms with Gasteiger partial charge in [0.1, 0.15) is 0 Å². The number of esters is 1. The highest BCUT2D eigenvalue weighted by Gasteiger charge is 2.23. The zero-order valence-corrected chi connectivity index (χ0v) is 20.3. The standard InChI is InChI=1S/C26H25ClN2O6/c1-4-29(17-10-6-5-7-11-17)24(30)16-35-26(32)19-14-22(33-2)23(34-3)15-21(19)28-25(31)18-12-8-9-13-20(18)27/h5-15H,4,16H2,1-3H3,(H,28,31). The van der Waals surface area contributed by atoms with Gasteiger partial charge in [0, 0.05) is 24.4 Å². The maximum Gasteiger partial charge on any atom is 0.340 e. The van der Waals surface area contributed by atoms with Gasteiger partial charge in [-0.05, 0) is 31.2 Å². The van der Waals surface area contributed by atoms with Gasteiger partial charge in [-0.25, -0.2) is 4.79 Å². The van der Waals surface area contributed by atoms with E-state index in [0.717, 1.165) is 0 Å². The molecule has 0 aromatic heterocycles. The molecule has 0 heterocycles. The molecule has 0 fully saturated rings. The number of nitrogens with one attached hydrogen (secondary N) is 1. The molecule has 0 aliphatic rings. The summed E-state index contributed by atoms with van der Waals surface area (Å²) in [4.78, 5) is 40.1. The Balaban J connectivity index is 1.85. The van der Waals surface area contributed by atoms with E-state index in [4.69, 9.17) is 25.8 Å². The van der Waals surface area contributed by atoms with Gasteiger partial charge in [0.05, 0.1) is 36.1 Å². The van der Waals surface area contributed by atoms with E-state index in [-0.39, 0.29) is 33.3 Å². The Kier molecular flexibility index (Phi) is 8.69. The number of para-hydroxylation sites is 1. The van der Waals surface area contributed by atoms with E-state index < -0.39 is 24.4 Å². The molecule has 0 aliphatic heterocycles. The summed E-state index contributed by atoms with van der Waals surface area (Å²) in [5, 5.41) is 2.92. The molecule has 0 bridgehead atoms. The predicted octanol–water partition coefficient (Wildman–Crippen LogP) is 4.82. The molecule has 1 N–H and O–H groups in total. The Morgan fingerprint density at radius 1 is 0.886 bits per heavy atom. The van der Waals surface area contributed by atoms with E-state index in [1.807, 2.05) is 25.1 Å². The van der Waals surface area contributed by atoms with Crippen LogP contribution in [0.4, 0.5) is 11.4 Å². The van der Waals surface area contributed by atoms with E-state index in [1.54, 1.807) is 36.4 Å².